The van der Waals surface area contributed by atoms with Crippen molar-refractivity contribution in [3.8, 4) is 12.1 Å². The Hall–Kier alpha value is -1.63. The Balaban J connectivity index is 4.19. The molecule has 18 heavy (non-hydrogen) atoms. The van der Waals surface area contributed by atoms with Gasteiger partial charge in [0.15, 0.2) is 0 Å². The Morgan fingerprint density at radius 3 is 2.17 bits per heavy atom. The van der Waals surface area contributed by atoms with Gasteiger partial charge in [-0.1, -0.05) is 0 Å². The molecule has 0 bridgehead atoms. The van der Waals surface area contributed by atoms with E-state index in [4.69, 9.17) is 15.6 Å². The zero-order chi connectivity index (χ0) is 13.8. The van der Waals surface area contributed by atoms with E-state index in [1.807, 2.05) is 17.0 Å². The lowest BCUT2D eigenvalue weighted by Gasteiger charge is -2.23. The topological polar surface area (TPSA) is 91.4 Å². The summed E-state index contributed by atoms with van der Waals surface area (Å²) in [5.74, 6) is -0.0825. The van der Waals surface area contributed by atoms with Crippen molar-refractivity contribution in [3.63, 3.8) is 0 Å². The minimum absolute atomic E-state index is 0.0825. The molecule has 0 fully saturated rings. The predicted molar refractivity (Wildman–Crippen MR) is 66.2 cm³/mol. The maximum absolute atomic E-state index is 11.9. The molecule has 100 valence electrons. The molecule has 0 aliphatic heterocycles. The molecular weight excluding hydrogens is 232 g/mol. The molecule has 1 N–H and O–H groups in total. The third-order valence-electron chi connectivity index (χ3n) is 2.44. The Kier molecular flexibility index (Phi) is 9.57. The van der Waals surface area contributed by atoms with E-state index in [1.54, 1.807) is 11.9 Å². The molecule has 0 saturated carbocycles. The second kappa shape index (κ2) is 10.5. The first-order chi connectivity index (χ1) is 8.65. The number of nitrogens with zero attached hydrogens (tertiary/aromatic N) is 4. The highest BCUT2D eigenvalue weighted by Gasteiger charge is 2.14. The molecule has 0 heterocycles. The molecular formula is C12H20N4O2. The van der Waals surface area contributed by atoms with Gasteiger partial charge >= 0.3 is 0 Å². The van der Waals surface area contributed by atoms with Crippen LogP contribution in [0.15, 0.2) is 0 Å². The zero-order valence-electron chi connectivity index (χ0n) is 10.8. The van der Waals surface area contributed by atoms with Gasteiger partial charge < -0.3 is 10.0 Å². The van der Waals surface area contributed by atoms with Crippen LogP contribution in [0.25, 0.3) is 0 Å². The molecule has 0 aliphatic rings. The summed E-state index contributed by atoms with van der Waals surface area (Å²) in [5, 5.41) is 25.8. The van der Waals surface area contributed by atoms with E-state index in [1.165, 1.54) is 0 Å². The van der Waals surface area contributed by atoms with E-state index >= 15 is 0 Å². The van der Waals surface area contributed by atoms with Gasteiger partial charge in [-0.2, -0.15) is 10.5 Å². The van der Waals surface area contributed by atoms with Crippen molar-refractivity contribution in [1.82, 2.24) is 9.80 Å². The second-order valence-electron chi connectivity index (χ2n) is 4.01. The quantitative estimate of drug-likeness (QED) is 0.621. The Bertz CT molecular complexity index is 301. The lowest BCUT2D eigenvalue weighted by molar-refractivity contribution is -0.132. The maximum Gasteiger partial charge on any atom is 0.236 e. The van der Waals surface area contributed by atoms with E-state index in [0.717, 1.165) is 0 Å². The third kappa shape index (κ3) is 7.61. The number of carbonyl (C=O) groups excluding carboxylic acids is 1. The van der Waals surface area contributed by atoms with Gasteiger partial charge in [0.25, 0.3) is 0 Å². The van der Waals surface area contributed by atoms with Crippen molar-refractivity contribution in [1.29, 1.82) is 10.5 Å². The highest BCUT2D eigenvalue weighted by Crippen LogP contribution is 1.97. The van der Waals surface area contributed by atoms with Crippen LogP contribution in [0.5, 0.6) is 0 Å². The van der Waals surface area contributed by atoms with Crippen molar-refractivity contribution in [3.05, 3.63) is 0 Å². The largest absolute Gasteiger partial charge is 0.396 e. The smallest absolute Gasteiger partial charge is 0.236 e. The summed E-state index contributed by atoms with van der Waals surface area (Å²) in [6, 6.07) is 3.99. The van der Waals surface area contributed by atoms with E-state index < -0.39 is 0 Å². The lowest BCUT2D eigenvalue weighted by Crippen LogP contribution is -2.40. The first-order valence-corrected chi connectivity index (χ1v) is 5.96. The van der Waals surface area contributed by atoms with E-state index in [0.29, 0.717) is 26.1 Å². The number of nitriles is 2. The minimum atomic E-state index is -0.0825. The molecule has 0 aromatic carbocycles. The van der Waals surface area contributed by atoms with Crippen molar-refractivity contribution >= 4 is 5.91 Å². The molecule has 0 aromatic rings. The van der Waals surface area contributed by atoms with E-state index in [-0.39, 0.29) is 31.9 Å². The Morgan fingerprint density at radius 1 is 1.17 bits per heavy atom. The number of aliphatic hydroxyl groups excluding tert-OH is 1. The monoisotopic (exact) mass is 252 g/mol. The number of hydrogen-bond donors (Lipinski definition) is 1. The summed E-state index contributed by atoms with van der Waals surface area (Å²) in [4.78, 5) is 15.3. The average Bonchev–Trinajstić information content (AvgIpc) is 2.36. The van der Waals surface area contributed by atoms with E-state index in [2.05, 4.69) is 0 Å². The number of carbonyl (C=O) groups is 1. The van der Waals surface area contributed by atoms with Gasteiger partial charge in [-0.25, -0.2) is 0 Å². The van der Waals surface area contributed by atoms with Crippen LogP contribution < -0.4 is 0 Å². The molecule has 0 radical (unpaired) electrons. The molecule has 6 heteroatoms. The summed E-state index contributed by atoms with van der Waals surface area (Å²) in [7, 11) is 1.81. The highest BCUT2D eigenvalue weighted by atomic mass is 16.3. The molecule has 0 atom stereocenters. The normalized spacial score (nSPS) is 9.83. The fourth-order valence-electron chi connectivity index (χ4n) is 1.48. The fourth-order valence-corrected chi connectivity index (χ4v) is 1.48. The molecule has 0 rings (SSSR count). The molecule has 0 unspecified atom stereocenters. The lowest BCUT2D eigenvalue weighted by atomic mass is 10.3. The summed E-state index contributed by atoms with van der Waals surface area (Å²) in [6.07, 6.45) is 1.18. The molecule has 1 amide bonds. The van der Waals surface area contributed by atoms with Crippen LogP contribution >= 0.6 is 0 Å². The summed E-state index contributed by atoms with van der Waals surface area (Å²) < 4.78 is 0. The van der Waals surface area contributed by atoms with Gasteiger partial charge in [0.2, 0.25) is 5.91 Å². The van der Waals surface area contributed by atoms with Crippen LogP contribution in [-0.2, 0) is 4.79 Å². The molecule has 0 aliphatic carbocycles. The molecule has 0 aromatic heterocycles. The third-order valence-corrected chi connectivity index (χ3v) is 2.44. The van der Waals surface area contributed by atoms with Gasteiger partial charge in [0, 0.05) is 26.2 Å². The fraction of sp³-hybridized carbons (Fsp3) is 0.750. The first kappa shape index (κ1) is 16.4. The molecule has 0 spiro atoms. The van der Waals surface area contributed by atoms with Gasteiger partial charge in [0.05, 0.1) is 31.5 Å². The van der Waals surface area contributed by atoms with Crippen LogP contribution in [0, 0.1) is 22.7 Å². The van der Waals surface area contributed by atoms with Crippen LogP contribution in [0.2, 0.25) is 0 Å². The SMILES string of the molecule is CN(CCCO)CC(=O)N(CCC#N)CCC#N. The van der Waals surface area contributed by atoms with Crippen LogP contribution in [0.3, 0.4) is 0 Å². The summed E-state index contributed by atoms with van der Waals surface area (Å²) in [5.41, 5.74) is 0. The molecule has 0 saturated heterocycles. The van der Waals surface area contributed by atoms with E-state index in [9.17, 15) is 4.79 Å². The number of amides is 1. The second-order valence-corrected chi connectivity index (χ2v) is 4.01. The van der Waals surface area contributed by atoms with Gasteiger partial charge in [-0.3, -0.25) is 9.69 Å². The average molecular weight is 252 g/mol. The first-order valence-electron chi connectivity index (χ1n) is 5.96. The number of hydrogen-bond acceptors (Lipinski definition) is 5. The van der Waals surface area contributed by atoms with Crippen molar-refractivity contribution < 1.29 is 9.90 Å². The molecule has 6 nitrogen and oxygen atoms in total. The van der Waals surface area contributed by atoms with Gasteiger partial charge in [-0.05, 0) is 13.5 Å². The van der Waals surface area contributed by atoms with Crippen LogP contribution in [-0.4, -0.2) is 60.6 Å². The van der Waals surface area contributed by atoms with Crippen LogP contribution in [0.1, 0.15) is 19.3 Å². The summed E-state index contributed by atoms with van der Waals surface area (Å²) >= 11 is 0. The van der Waals surface area contributed by atoms with Gasteiger partial charge in [-0.15, -0.1) is 0 Å². The van der Waals surface area contributed by atoms with Crippen molar-refractivity contribution in [2.24, 2.45) is 0 Å². The Morgan fingerprint density at radius 2 is 1.72 bits per heavy atom. The standard InChI is InChI=1S/C12H20N4O2/c1-15(7-4-10-17)11-12(18)16(8-2-5-13)9-3-6-14/h17H,2-4,7-11H2,1H3. The Labute approximate surface area is 108 Å². The number of aliphatic hydroxyl groups is 1. The summed E-state index contributed by atoms with van der Waals surface area (Å²) in [6.45, 7) is 1.73. The number of likely N-dealkylation sites (N-methyl/N-ethyl adjacent to an activating group) is 1. The minimum Gasteiger partial charge on any atom is -0.396 e. The highest BCUT2D eigenvalue weighted by molar-refractivity contribution is 5.78. The van der Waals surface area contributed by atoms with Gasteiger partial charge in [0.1, 0.15) is 0 Å². The number of rotatable bonds is 9. The predicted octanol–water partition coefficient (Wildman–Crippen LogP) is -0.0434. The zero-order valence-corrected chi connectivity index (χ0v) is 10.8. The van der Waals surface area contributed by atoms with Crippen molar-refractivity contribution in [2.45, 2.75) is 19.3 Å². The van der Waals surface area contributed by atoms with Crippen molar-refractivity contribution in [2.75, 3.05) is 39.8 Å². The van der Waals surface area contributed by atoms with Crippen LogP contribution in [0.4, 0.5) is 0 Å². The maximum atomic E-state index is 11.9.